The number of pyridine rings is 1. The van der Waals surface area contributed by atoms with E-state index in [1.165, 1.54) is 24.5 Å². The standard InChI is InChI=1S/C32H30F3N3O3/c33-25-8-1-5-21(17-25)13-15-37-31(39)30(24-7-3-14-36-20-24)38(32(40)29-10-4-16-41-29)26-9-2-6-22(18-26)23-11-12-27(34)28(35)19-23/h1,3-5,7-8,10-12,14,16-17,19-20,22,26,30H,2,6,9,13,15,18H2,(H,37,39). The van der Waals surface area contributed by atoms with E-state index < -0.39 is 35.5 Å². The van der Waals surface area contributed by atoms with Crippen molar-refractivity contribution in [3.63, 3.8) is 0 Å². The largest absolute Gasteiger partial charge is 0.459 e. The van der Waals surface area contributed by atoms with Crippen LogP contribution in [0.4, 0.5) is 13.2 Å². The Balaban J connectivity index is 1.46. The molecule has 41 heavy (non-hydrogen) atoms. The number of hydrogen-bond donors (Lipinski definition) is 1. The minimum Gasteiger partial charge on any atom is -0.459 e. The molecule has 9 heteroatoms. The maximum absolute atomic E-state index is 14.1. The zero-order valence-corrected chi connectivity index (χ0v) is 22.3. The molecule has 1 N–H and O–H groups in total. The first-order chi connectivity index (χ1) is 19.9. The van der Waals surface area contributed by atoms with Gasteiger partial charge >= 0.3 is 0 Å². The molecule has 0 spiro atoms. The first-order valence-corrected chi connectivity index (χ1v) is 13.6. The van der Waals surface area contributed by atoms with E-state index in [0.29, 0.717) is 30.4 Å². The van der Waals surface area contributed by atoms with Crippen molar-refractivity contribution in [2.45, 2.75) is 50.1 Å². The smallest absolute Gasteiger partial charge is 0.290 e. The molecule has 2 heterocycles. The zero-order chi connectivity index (χ0) is 28.8. The van der Waals surface area contributed by atoms with Gasteiger partial charge in [-0.2, -0.15) is 0 Å². The van der Waals surface area contributed by atoms with Gasteiger partial charge in [-0.3, -0.25) is 14.6 Å². The third kappa shape index (κ3) is 6.67. The molecule has 1 saturated carbocycles. The molecule has 2 amide bonds. The number of carbonyl (C=O) groups excluding carboxylic acids is 2. The molecule has 0 radical (unpaired) electrons. The fourth-order valence-corrected chi connectivity index (χ4v) is 5.60. The van der Waals surface area contributed by atoms with Crippen molar-refractivity contribution in [1.82, 2.24) is 15.2 Å². The van der Waals surface area contributed by atoms with Crippen LogP contribution >= 0.6 is 0 Å². The van der Waals surface area contributed by atoms with Crippen LogP contribution in [0.3, 0.4) is 0 Å². The molecule has 6 nitrogen and oxygen atoms in total. The van der Waals surface area contributed by atoms with Crippen LogP contribution in [0, 0.1) is 17.5 Å². The highest BCUT2D eigenvalue weighted by molar-refractivity contribution is 5.96. The molecule has 212 valence electrons. The van der Waals surface area contributed by atoms with Gasteiger partial charge in [-0.05, 0) is 85.2 Å². The number of aromatic nitrogens is 1. The first-order valence-electron chi connectivity index (χ1n) is 13.6. The predicted molar refractivity (Wildman–Crippen MR) is 146 cm³/mol. The van der Waals surface area contributed by atoms with Gasteiger partial charge < -0.3 is 14.6 Å². The highest BCUT2D eigenvalue weighted by Crippen LogP contribution is 2.39. The molecule has 0 bridgehead atoms. The zero-order valence-electron chi connectivity index (χ0n) is 22.3. The van der Waals surface area contributed by atoms with Crippen LogP contribution in [0.15, 0.2) is 89.8 Å². The van der Waals surface area contributed by atoms with Crippen LogP contribution in [-0.4, -0.2) is 34.3 Å². The average Bonchev–Trinajstić information content (AvgIpc) is 3.53. The van der Waals surface area contributed by atoms with Gasteiger partial charge in [0.25, 0.3) is 5.91 Å². The van der Waals surface area contributed by atoms with Crippen LogP contribution in [0.2, 0.25) is 0 Å². The molecule has 5 rings (SSSR count). The Morgan fingerprint density at radius 3 is 2.61 bits per heavy atom. The van der Waals surface area contributed by atoms with Crippen molar-refractivity contribution in [3.8, 4) is 0 Å². The van der Waals surface area contributed by atoms with Gasteiger partial charge in [0.05, 0.1) is 6.26 Å². The Morgan fingerprint density at radius 2 is 1.88 bits per heavy atom. The third-order valence-electron chi connectivity index (χ3n) is 7.55. The molecule has 0 saturated heterocycles. The van der Waals surface area contributed by atoms with Crippen LogP contribution < -0.4 is 5.32 Å². The number of amides is 2. The molecule has 4 aromatic rings. The van der Waals surface area contributed by atoms with Gasteiger partial charge in [0.15, 0.2) is 17.4 Å². The topological polar surface area (TPSA) is 75.4 Å². The summed E-state index contributed by atoms with van der Waals surface area (Å²) in [6.07, 6.45) is 7.45. The summed E-state index contributed by atoms with van der Waals surface area (Å²) in [5, 5.41) is 2.92. The lowest BCUT2D eigenvalue weighted by Gasteiger charge is -2.41. The Bertz CT molecular complexity index is 1480. The quantitative estimate of drug-likeness (QED) is 0.258. The fourth-order valence-electron chi connectivity index (χ4n) is 5.60. The lowest BCUT2D eigenvalue weighted by atomic mass is 9.80. The lowest BCUT2D eigenvalue weighted by Crippen LogP contribution is -2.50. The average molecular weight is 562 g/mol. The fraction of sp³-hybridized carbons (Fsp3) is 0.281. The van der Waals surface area contributed by atoms with Crippen molar-refractivity contribution in [1.29, 1.82) is 0 Å². The third-order valence-corrected chi connectivity index (χ3v) is 7.55. The van der Waals surface area contributed by atoms with E-state index in [-0.39, 0.29) is 24.0 Å². The summed E-state index contributed by atoms with van der Waals surface area (Å²) in [4.78, 5) is 33.6. The van der Waals surface area contributed by atoms with Crippen LogP contribution in [0.25, 0.3) is 0 Å². The summed E-state index contributed by atoms with van der Waals surface area (Å²) in [6, 6.07) is 15.2. The molecule has 1 aliphatic carbocycles. The Hall–Kier alpha value is -4.40. The van der Waals surface area contributed by atoms with E-state index in [2.05, 4.69) is 10.3 Å². The lowest BCUT2D eigenvalue weighted by molar-refractivity contribution is -0.127. The Labute approximate surface area is 236 Å². The number of halogens is 3. The van der Waals surface area contributed by atoms with Crippen LogP contribution in [0.5, 0.6) is 0 Å². The van der Waals surface area contributed by atoms with Crippen molar-refractivity contribution in [2.24, 2.45) is 0 Å². The molecular formula is C32H30F3N3O3. The second-order valence-electron chi connectivity index (χ2n) is 10.2. The number of rotatable bonds is 9. The highest BCUT2D eigenvalue weighted by atomic mass is 19.2. The molecule has 3 unspecified atom stereocenters. The van der Waals surface area contributed by atoms with Gasteiger partial charge in [0, 0.05) is 30.5 Å². The molecule has 1 aliphatic rings. The van der Waals surface area contributed by atoms with E-state index in [0.717, 1.165) is 24.5 Å². The molecule has 3 atom stereocenters. The van der Waals surface area contributed by atoms with Gasteiger partial charge in [0.1, 0.15) is 11.9 Å². The summed E-state index contributed by atoms with van der Waals surface area (Å²) < 4.78 is 46.8. The Kier molecular flexibility index (Phi) is 8.82. The maximum Gasteiger partial charge on any atom is 0.290 e. The number of benzene rings is 2. The summed E-state index contributed by atoms with van der Waals surface area (Å²) in [6.45, 7) is 0.226. The van der Waals surface area contributed by atoms with Gasteiger partial charge in [0.2, 0.25) is 5.91 Å². The van der Waals surface area contributed by atoms with E-state index >= 15 is 0 Å². The van der Waals surface area contributed by atoms with E-state index in [4.69, 9.17) is 4.42 Å². The number of nitrogens with one attached hydrogen (secondary N) is 1. The number of furan rings is 1. The summed E-state index contributed by atoms with van der Waals surface area (Å²) >= 11 is 0. The van der Waals surface area contributed by atoms with Crippen LogP contribution in [-0.2, 0) is 11.2 Å². The molecule has 2 aromatic heterocycles. The van der Waals surface area contributed by atoms with Gasteiger partial charge in [-0.1, -0.05) is 30.7 Å². The summed E-state index contributed by atoms with van der Waals surface area (Å²) in [7, 11) is 0. The number of nitrogens with zero attached hydrogens (tertiary/aromatic N) is 2. The van der Waals surface area contributed by atoms with Crippen molar-refractivity contribution in [2.75, 3.05) is 6.54 Å². The van der Waals surface area contributed by atoms with E-state index in [1.807, 2.05) is 0 Å². The Morgan fingerprint density at radius 1 is 1.00 bits per heavy atom. The number of carbonyl (C=O) groups is 2. The highest BCUT2D eigenvalue weighted by Gasteiger charge is 2.40. The molecular weight excluding hydrogens is 531 g/mol. The first kappa shape index (κ1) is 28.1. The van der Waals surface area contributed by atoms with Crippen molar-refractivity contribution >= 4 is 11.8 Å². The normalized spacial score (nSPS) is 17.5. The van der Waals surface area contributed by atoms with E-state index in [1.54, 1.807) is 59.8 Å². The van der Waals surface area contributed by atoms with Gasteiger partial charge in [-0.25, -0.2) is 13.2 Å². The molecule has 0 aliphatic heterocycles. The monoisotopic (exact) mass is 561 g/mol. The maximum atomic E-state index is 14.1. The SMILES string of the molecule is O=C(NCCc1cccc(F)c1)C(c1cccnc1)N(C(=O)c1ccco1)C1CCCC(c2ccc(F)c(F)c2)C1. The summed E-state index contributed by atoms with van der Waals surface area (Å²) in [5.41, 5.74) is 1.90. The van der Waals surface area contributed by atoms with Crippen LogP contribution in [0.1, 0.15) is 64.9 Å². The minimum absolute atomic E-state index is 0.0846. The second kappa shape index (κ2) is 12.8. The van der Waals surface area contributed by atoms with Crippen molar-refractivity contribution < 1.29 is 27.2 Å². The van der Waals surface area contributed by atoms with Crippen molar-refractivity contribution in [3.05, 3.63) is 125 Å². The minimum atomic E-state index is -1.04. The molecule has 1 fully saturated rings. The van der Waals surface area contributed by atoms with E-state index in [9.17, 15) is 22.8 Å². The molecule has 2 aromatic carbocycles. The second-order valence-corrected chi connectivity index (χ2v) is 10.2. The van der Waals surface area contributed by atoms with Gasteiger partial charge in [-0.15, -0.1) is 0 Å². The predicted octanol–water partition coefficient (Wildman–Crippen LogP) is 6.36. The summed E-state index contributed by atoms with van der Waals surface area (Å²) in [5.74, 6) is -3.11. The number of hydrogen-bond acceptors (Lipinski definition) is 4.